The molecule has 66 heavy (non-hydrogen) atoms. The van der Waals surface area contributed by atoms with Gasteiger partial charge in [0.15, 0.2) is 17.5 Å². The van der Waals surface area contributed by atoms with E-state index in [1.54, 1.807) is 0 Å². The molecule has 0 unspecified atom stereocenters. The first-order chi connectivity index (χ1) is 32.7. The van der Waals surface area contributed by atoms with E-state index in [9.17, 15) is 0 Å². The highest BCUT2D eigenvalue weighted by Crippen LogP contribution is 2.64. The predicted octanol–water partition coefficient (Wildman–Crippen LogP) is 16.1. The van der Waals surface area contributed by atoms with Crippen LogP contribution in [0, 0.1) is 0 Å². The fourth-order valence-corrected chi connectivity index (χ4v) is 12.2. The Morgan fingerprint density at radius 1 is 0.288 bits per heavy atom. The van der Waals surface area contributed by atoms with Gasteiger partial charge in [-0.1, -0.05) is 206 Å². The van der Waals surface area contributed by atoms with Gasteiger partial charge in [-0.25, -0.2) is 15.0 Å². The molecule has 0 bridgehead atoms. The average molecular weight is 856 g/mol. The maximum atomic E-state index is 5.46. The first-order valence-corrected chi connectivity index (χ1v) is 23.3. The first-order valence-electron chi connectivity index (χ1n) is 22.5. The third-order valence-electron chi connectivity index (χ3n) is 14.0. The molecule has 0 aliphatic heterocycles. The Morgan fingerprint density at radius 2 is 0.742 bits per heavy atom. The molecule has 1 spiro atoms. The highest BCUT2D eigenvalue weighted by atomic mass is 32.1. The van der Waals surface area contributed by atoms with Crippen molar-refractivity contribution in [2.45, 2.75) is 5.41 Å². The Labute approximate surface area is 386 Å². The Bertz CT molecular complexity index is 3870. The van der Waals surface area contributed by atoms with Crippen LogP contribution in [0.25, 0.3) is 110 Å². The van der Waals surface area contributed by atoms with Crippen LogP contribution in [0.15, 0.2) is 224 Å². The summed E-state index contributed by atoms with van der Waals surface area (Å²) in [6.45, 7) is 0. The molecule has 0 fully saturated rings. The Morgan fingerprint density at radius 3 is 1.44 bits per heavy atom. The number of fused-ring (bicyclic) bond motifs is 14. The molecule has 306 valence electrons. The lowest BCUT2D eigenvalue weighted by atomic mass is 9.69. The number of hydrogen-bond donors (Lipinski definition) is 0. The molecule has 10 aromatic carbocycles. The van der Waals surface area contributed by atoms with E-state index in [2.05, 4.69) is 224 Å². The monoisotopic (exact) mass is 855 g/mol. The maximum Gasteiger partial charge on any atom is 0.164 e. The summed E-state index contributed by atoms with van der Waals surface area (Å²) >= 11 is 1.84. The van der Waals surface area contributed by atoms with Gasteiger partial charge in [0, 0.05) is 36.9 Å². The van der Waals surface area contributed by atoms with Gasteiger partial charge in [-0.2, -0.15) is 0 Å². The third-order valence-corrected chi connectivity index (χ3v) is 15.1. The van der Waals surface area contributed by atoms with E-state index in [0.717, 1.165) is 27.8 Å². The zero-order chi connectivity index (χ0) is 43.3. The van der Waals surface area contributed by atoms with Gasteiger partial charge in [0.25, 0.3) is 0 Å². The number of thiophene rings is 1. The van der Waals surface area contributed by atoms with E-state index in [-0.39, 0.29) is 0 Å². The number of rotatable bonds is 5. The smallest absolute Gasteiger partial charge is 0.164 e. The minimum atomic E-state index is -0.556. The zero-order valence-electron chi connectivity index (χ0n) is 35.6. The fraction of sp³-hybridized carbons (Fsp3) is 0.0161. The largest absolute Gasteiger partial charge is 0.208 e. The van der Waals surface area contributed by atoms with Crippen molar-refractivity contribution in [2.75, 3.05) is 0 Å². The topological polar surface area (TPSA) is 38.7 Å². The minimum absolute atomic E-state index is 0.556. The van der Waals surface area contributed by atoms with Crippen LogP contribution >= 0.6 is 11.3 Å². The molecule has 2 aliphatic carbocycles. The van der Waals surface area contributed by atoms with Crippen molar-refractivity contribution in [2.24, 2.45) is 0 Å². The number of aromatic nitrogens is 3. The van der Waals surface area contributed by atoms with Gasteiger partial charge >= 0.3 is 0 Å². The highest BCUT2D eigenvalue weighted by molar-refractivity contribution is 7.25. The van der Waals surface area contributed by atoms with Crippen molar-refractivity contribution in [3.05, 3.63) is 247 Å². The normalized spacial score (nSPS) is 13.0. The van der Waals surface area contributed by atoms with Gasteiger partial charge in [0.2, 0.25) is 0 Å². The molecular formula is C62H37N3S. The van der Waals surface area contributed by atoms with Crippen LogP contribution in [0.5, 0.6) is 0 Å². The van der Waals surface area contributed by atoms with Gasteiger partial charge in [0.05, 0.1) is 5.41 Å². The van der Waals surface area contributed by atoms with Gasteiger partial charge < -0.3 is 0 Å². The van der Waals surface area contributed by atoms with Gasteiger partial charge in [-0.15, -0.1) is 11.3 Å². The average Bonchev–Trinajstić information content (AvgIpc) is 4.02. The lowest BCUT2D eigenvalue weighted by molar-refractivity contribution is 0.794. The second-order valence-corrected chi connectivity index (χ2v) is 18.5. The number of benzene rings is 10. The molecule has 12 aromatic rings. The SMILES string of the molecule is c1ccc2c(c1)-c1ccccc1C21c2ccccc2-c2cccc(-c3nc(-c4ccc(-c5ccc6sc7ccccc7c6c5)cc4)nc(-c4ccc(-c5cccc6ccccc56)cc4)n3)c21. The van der Waals surface area contributed by atoms with Crippen LogP contribution in [0.3, 0.4) is 0 Å². The van der Waals surface area contributed by atoms with Crippen LogP contribution in [0.4, 0.5) is 0 Å². The molecule has 2 aromatic heterocycles. The van der Waals surface area contributed by atoms with Crippen molar-refractivity contribution in [1.29, 1.82) is 0 Å². The van der Waals surface area contributed by atoms with E-state index in [0.29, 0.717) is 17.5 Å². The fourth-order valence-electron chi connectivity index (χ4n) is 11.1. The summed E-state index contributed by atoms with van der Waals surface area (Å²) in [6.07, 6.45) is 0. The van der Waals surface area contributed by atoms with E-state index in [4.69, 9.17) is 15.0 Å². The molecule has 0 saturated carbocycles. The van der Waals surface area contributed by atoms with Crippen molar-refractivity contribution in [1.82, 2.24) is 15.0 Å². The Kier molecular flexibility index (Phi) is 8.07. The number of nitrogens with zero attached hydrogens (tertiary/aromatic N) is 3. The summed E-state index contributed by atoms with van der Waals surface area (Å²) in [7, 11) is 0. The molecule has 3 nitrogen and oxygen atoms in total. The van der Waals surface area contributed by atoms with Gasteiger partial charge in [-0.3, -0.25) is 0 Å². The molecule has 2 aliphatic rings. The summed E-state index contributed by atoms with van der Waals surface area (Å²) in [6, 6.07) is 81.4. The third kappa shape index (κ3) is 5.40. The van der Waals surface area contributed by atoms with E-state index in [1.807, 2.05) is 11.3 Å². The second-order valence-electron chi connectivity index (χ2n) is 17.4. The van der Waals surface area contributed by atoms with Crippen molar-refractivity contribution >= 4 is 42.3 Å². The summed E-state index contributed by atoms with van der Waals surface area (Å²) in [5.41, 5.74) is 17.0. The number of hydrogen-bond acceptors (Lipinski definition) is 4. The zero-order valence-corrected chi connectivity index (χ0v) is 36.4. The van der Waals surface area contributed by atoms with E-state index in [1.165, 1.54) is 86.6 Å². The first kappa shape index (κ1) is 37.1. The van der Waals surface area contributed by atoms with Crippen LogP contribution in [0.1, 0.15) is 22.3 Å². The lowest BCUT2D eigenvalue weighted by Crippen LogP contribution is -2.26. The molecule has 4 heteroatoms. The van der Waals surface area contributed by atoms with Gasteiger partial charge in [0.1, 0.15) is 0 Å². The molecular weight excluding hydrogens is 819 g/mol. The lowest BCUT2D eigenvalue weighted by Gasteiger charge is -2.31. The molecule has 0 atom stereocenters. The quantitative estimate of drug-likeness (QED) is 0.173. The summed E-state index contributed by atoms with van der Waals surface area (Å²) < 4.78 is 2.61. The van der Waals surface area contributed by atoms with Crippen LogP contribution in [0.2, 0.25) is 0 Å². The van der Waals surface area contributed by atoms with Crippen molar-refractivity contribution in [3.63, 3.8) is 0 Å². The predicted molar refractivity (Wildman–Crippen MR) is 274 cm³/mol. The Balaban J connectivity index is 0.959. The minimum Gasteiger partial charge on any atom is -0.208 e. The standard InChI is InChI=1S/C62H37N3S/c1-2-15-44-39(13-1)14-11-20-45(44)40-29-33-42(34-30-40)60-63-59(41-31-27-38(28-32-41)43-35-36-57-52(37-43)49-19-6-10-26-56(49)66-57)64-61(65-60)51-22-12-21-50-48-18-5-9-25-55(48)62(58(50)51)53-23-7-3-16-46(53)47-17-4-8-24-54(47)62/h1-37H. The second kappa shape index (κ2) is 14.3. The Hall–Kier alpha value is -8.31. The molecule has 2 heterocycles. The summed E-state index contributed by atoms with van der Waals surface area (Å²) in [4.78, 5) is 16.2. The summed E-state index contributed by atoms with van der Waals surface area (Å²) in [5.74, 6) is 1.92. The van der Waals surface area contributed by atoms with E-state index < -0.39 is 5.41 Å². The highest BCUT2D eigenvalue weighted by Gasteiger charge is 2.52. The molecule has 0 saturated heterocycles. The van der Waals surface area contributed by atoms with Crippen molar-refractivity contribution < 1.29 is 0 Å². The van der Waals surface area contributed by atoms with E-state index >= 15 is 0 Å². The molecule has 14 rings (SSSR count). The molecule has 0 radical (unpaired) electrons. The van der Waals surface area contributed by atoms with Crippen LogP contribution in [-0.2, 0) is 5.41 Å². The van der Waals surface area contributed by atoms with Crippen LogP contribution < -0.4 is 0 Å². The van der Waals surface area contributed by atoms with Gasteiger partial charge in [-0.05, 0) is 95.7 Å². The summed E-state index contributed by atoms with van der Waals surface area (Å²) in [5, 5.41) is 5.04. The maximum absolute atomic E-state index is 5.46. The van der Waals surface area contributed by atoms with Crippen LogP contribution in [-0.4, -0.2) is 15.0 Å². The van der Waals surface area contributed by atoms with Crippen molar-refractivity contribution in [3.8, 4) is 78.7 Å². The molecule has 0 N–H and O–H groups in total. The molecule has 0 amide bonds.